The number of nitrogens with one attached hydrogen (secondary N) is 2. The fraction of sp³-hybridized carbons (Fsp3) is 0.147. The molecule has 0 amide bonds. The Balaban J connectivity index is 0.000000244. The lowest BCUT2D eigenvalue weighted by molar-refractivity contribution is 0.101. The topological polar surface area (TPSA) is 128 Å². The second-order valence-corrected chi connectivity index (χ2v) is 9.11. The van der Waals surface area contributed by atoms with Crippen molar-refractivity contribution in [2.75, 3.05) is 12.4 Å². The number of phenols is 1. The quantitative estimate of drug-likeness (QED) is 0.179. The van der Waals surface area contributed by atoms with Crippen LogP contribution in [0.2, 0.25) is 0 Å². The number of nitriles is 1. The summed E-state index contributed by atoms with van der Waals surface area (Å²) in [6.07, 6.45) is 11.2. The Morgan fingerprint density at radius 3 is 2.40 bits per heavy atom. The molecule has 0 fully saturated rings. The van der Waals surface area contributed by atoms with Gasteiger partial charge in [-0.25, -0.2) is 9.97 Å². The Morgan fingerprint density at radius 2 is 1.83 bits per heavy atom. The third-order valence-corrected chi connectivity index (χ3v) is 6.14. The molecule has 3 N–H and O–H groups in total. The number of aromatic amines is 1. The number of ketones is 1. The molecule has 2 aromatic carbocycles. The van der Waals surface area contributed by atoms with Crippen LogP contribution in [0.15, 0.2) is 98.2 Å². The Bertz CT molecular complexity index is 1640. The minimum absolute atomic E-state index is 0.0471. The number of imidazole rings is 1. The lowest BCUT2D eigenvalue weighted by atomic mass is 9.96. The van der Waals surface area contributed by atoms with Crippen LogP contribution in [0.25, 0.3) is 28.5 Å². The number of hydrogen-bond acceptors (Lipinski definition) is 7. The number of aromatic hydroxyl groups is 1. The van der Waals surface area contributed by atoms with Gasteiger partial charge in [-0.2, -0.15) is 5.26 Å². The number of carbonyl (C=O) groups excluding carboxylic acids is 1. The summed E-state index contributed by atoms with van der Waals surface area (Å²) in [6, 6.07) is 21.8. The number of aryl methyl sites for hydroxylation is 1. The zero-order valence-electron chi connectivity index (χ0n) is 24.0. The second-order valence-electron chi connectivity index (χ2n) is 9.11. The molecular formula is C34H34N6O2. The average molecular weight is 559 g/mol. The highest BCUT2D eigenvalue weighted by Crippen LogP contribution is 2.35. The van der Waals surface area contributed by atoms with Crippen LogP contribution in [0, 0.1) is 11.3 Å². The van der Waals surface area contributed by atoms with Crippen LogP contribution >= 0.6 is 0 Å². The summed E-state index contributed by atoms with van der Waals surface area (Å²) in [4.78, 5) is 27.0. The largest absolute Gasteiger partial charge is 0.507 e. The van der Waals surface area contributed by atoms with Gasteiger partial charge in [-0.3, -0.25) is 9.78 Å². The Morgan fingerprint density at radius 1 is 1.07 bits per heavy atom. The van der Waals surface area contributed by atoms with Crippen molar-refractivity contribution in [2.24, 2.45) is 0 Å². The fourth-order valence-corrected chi connectivity index (χ4v) is 3.99. The number of para-hydroxylation sites is 1. The molecular weight excluding hydrogens is 524 g/mol. The lowest BCUT2D eigenvalue weighted by Crippen LogP contribution is -2.01. The van der Waals surface area contributed by atoms with E-state index in [0.29, 0.717) is 33.8 Å². The summed E-state index contributed by atoms with van der Waals surface area (Å²) < 4.78 is 0. The summed E-state index contributed by atoms with van der Waals surface area (Å²) in [5, 5.41) is 22.7. The first-order chi connectivity index (χ1) is 20.4. The number of benzene rings is 2. The molecule has 0 radical (unpaired) electrons. The number of rotatable bonds is 7. The maximum absolute atomic E-state index is 11.7. The smallest absolute Gasteiger partial charge is 0.159 e. The summed E-state index contributed by atoms with van der Waals surface area (Å²) in [5.41, 5.74) is 5.78. The number of H-pyrrole nitrogens is 1. The molecule has 0 spiro atoms. The molecule has 42 heavy (non-hydrogen) atoms. The average Bonchev–Trinajstić information content (AvgIpc) is 3.55. The van der Waals surface area contributed by atoms with E-state index in [4.69, 9.17) is 0 Å². The summed E-state index contributed by atoms with van der Waals surface area (Å²) in [6.45, 7) is 7.26. The minimum atomic E-state index is -0.0471. The van der Waals surface area contributed by atoms with Gasteiger partial charge in [0, 0.05) is 48.0 Å². The standard InChI is InChI=1S/C21H17N3O2.C7H7N.C6H10N2/c1-13(25)14-6-5-7-15(10-14)17-11-19(16-8-3-4-9-20(16)26)24-21(23-2)18(17)12-22;1-2-7-3-5-8-6-4-7;1-2-3-6-4-7-5-8-6/h3-11,26H,1-2H3,(H,23,24);2-6H,1H2;4-5H,2-3H2,1H3,(H,7,8). The summed E-state index contributed by atoms with van der Waals surface area (Å²) in [7, 11) is 1.69. The summed E-state index contributed by atoms with van der Waals surface area (Å²) >= 11 is 0. The predicted molar refractivity (Wildman–Crippen MR) is 168 cm³/mol. The number of anilines is 1. The zero-order valence-corrected chi connectivity index (χ0v) is 24.0. The molecule has 0 saturated carbocycles. The van der Waals surface area contributed by atoms with Gasteiger partial charge in [0.2, 0.25) is 0 Å². The minimum Gasteiger partial charge on any atom is -0.507 e. The third-order valence-electron chi connectivity index (χ3n) is 6.14. The highest BCUT2D eigenvalue weighted by molar-refractivity contribution is 5.96. The molecule has 0 aliphatic carbocycles. The van der Waals surface area contributed by atoms with E-state index >= 15 is 0 Å². The second kappa shape index (κ2) is 15.9. The van der Waals surface area contributed by atoms with Gasteiger partial charge in [-0.1, -0.05) is 56.3 Å². The monoisotopic (exact) mass is 558 g/mol. The molecule has 0 saturated heterocycles. The maximum Gasteiger partial charge on any atom is 0.159 e. The number of aromatic nitrogens is 4. The molecule has 212 valence electrons. The van der Waals surface area contributed by atoms with Gasteiger partial charge < -0.3 is 15.4 Å². The van der Waals surface area contributed by atoms with Crippen LogP contribution in [-0.4, -0.2) is 37.9 Å². The molecule has 0 bridgehead atoms. The molecule has 5 rings (SSSR count). The number of Topliss-reactive ketones (excluding diaryl/α,β-unsaturated/α-hetero) is 1. The number of nitrogens with zero attached hydrogens (tertiary/aromatic N) is 4. The van der Waals surface area contributed by atoms with Gasteiger partial charge in [0.1, 0.15) is 23.2 Å². The van der Waals surface area contributed by atoms with Crippen molar-refractivity contribution in [3.05, 3.63) is 121 Å². The van der Waals surface area contributed by atoms with Gasteiger partial charge >= 0.3 is 0 Å². The molecule has 3 aromatic heterocycles. The van der Waals surface area contributed by atoms with Crippen molar-refractivity contribution in [1.29, 1.82) is 5.26 Å². The van der Waals surface area contributed by atoms with Gasteiger partial charge in [0.15, 0.2) is 5.78 Å². The molecule has 3 heterocycles. The first kappa shape index (κ1) is 31.0. The molecule has 0 aliphatic heterocycles. The van der Waals surface area contributed by atoms with Crippen LogP contribution in [-0.2, 0) is 6.42 Å². The van der Waals surface area contributed by atoms with E-state index in [2.05, 4.69) is 44.8 Å². The van der Waals surface area contributed by atoms with E-state index < -0.39 is 0 Å². The first-order valence-corrected chi connectivity index (χ1v) is 13.4. The highest BCUT2D eigenvalue weighted by Gasteiger charge is 2.16. The van der Waals surface area contributed by atoms with Crippen LogP contribution in [0.5, 0.6) is 5.75 Å². The molecule has 0 atom stereocenters. The summed E-state index contributed by atoms with van der Waals surface area (Å²) in [5.74, 6) is 0.473. The predicted octanol–water partition coefficient (Wildman–Crippen LogP) is 7.32. The van der Waals surface area contributed by atoms with Gasteiger partial charge in [0.25, 0.3) is 0 Å². The van der Waals surface area contributed by atoms with Gasteiger partial charge in [-0.15, -0.1) is 0 Å². The van der Waals surface area contributed by atoms with Gasteiger partial charge in [-0.05, 0) is 60.9 Å². The van der Waals surface area contributed by atoms with Crippen LogP contribution in [0.3, 0.4) is 0 Å². The number of phenolic OH excluding ortho intramolecular Hbond substituents is 1. The van der Waals surface area contributed by atoms with E-state index in [9.17, 15) is 15.2 Å². The molecule has 8 nitrogen and oxygen atoms in total. The van der Waals surface area contributed by atoms with Gasteiger partial charge in [0.05, 0.1) is 12.0 Å². The van der Waals surface area contributed by atoms with Crippen molar-refractivity contribution in [2.45, 2.75) is 26.7 Å². The number of hydrogen-bond donors (Lipinski definition) is 3. The van der Waals surface area contributed by atoms with Crippen molar-refractivity contribution in [1.82, 2.24) is 19.9 Å². The van der Waals surface area contributed by atoms with E-state index in [1.54, 1.807) is 74.3 Å². The van der Waals surface area contributed by atoms with Crippen molar-refractivity contribution >= 4 is 17.7 Å². The first-order valence-electron chi connectivity index (χ1n) is 13.4. The molecule has 8 heteroatoms. The lowest BCUT2D eigenvalue weighted by Gasteiger charge is -2.13. The van der Waals surface area contributed by atoms with Crippen molar-refractivity contribution in [3.8, 4) is 34.2 Å². The SMILES string of the molecule is C=Cc1ccncc1.CCCc1cnc[nH]1.CNc1nc(-c2ccccc2O)cc(-c2cccc(C(C)=O)c2)c1C#N. The Labute approximate surface area is 246 Å². The Kier molecular flexibility index (Phi) is 11.7. The van der Waals surface area contributed by atoms with E-state index in [-0.39, 0.29) is 11.5 Å². The maximum atomic E-state index is 11.7. The number of carbonyl (C=O) groups is 1. The van der Waals surface area contributed by atoms with Crippen LogP contribution < -0.4 is 5.32 Å². The highest BCUT2D eigenvalue weighted by atomic mass is 16.3. The zero-order chi connectivity index (χ0) is 30.3. The van der Waals surface area contributed by atoms with E-state index in [1.165, 1.54) is 19.0 Å². The van der Waals surface area contributed by atoms with Crippen LogP contribution in [0.4, 0.5) is 5.82 Å². The Hall–Kier alpha value is -5.55. The van der Waals surface area contributed by atoms with Crippen LogP contribution in [0.1, 0.15) is 47.4 Å². The van der Waals surface area contributed by atoms with E-state index in [0.717, 1.165) is 17.5 Å². The van der Waals surface area contributed by atoms with E-state index in [1.807, 2.05) is 30.5 Å². The fourth-order valence-electron chi connectivity index (χ4n) is 3.99. The third kappa shape index (κ3) is 8.47. The molecule has 5 aromatic rings. The van der Waals surface area contributed by atoms with Crippen molar-refractivity contribution < 1.29 is 9.90 Å². The number of pyridine rings is 2. The molecule has 0 aliphatic rings. The molecule has 0 unspecified atom stereocenters. The van der Waals surface area contributed by atoms with Crippen molar-refractivity contribution in [3.63, 3.8) is 0 Å². The normalized spacial score (nSPS) is 9.76.